The average Bonchev–Trinajstić information content (AvgIpc) is 3.16. The lowest BCUT2D eigenvalue weighted by atomic mass is 10.1. The summed E-state index contributed by atoms with van der Waals surface area (Å²) in [5.41, 5.74) is 2.01. The van der Waals surface area contributed by atoms with Crippen molar-refractivity contribution >= 4 is 34.5 Å². The van der Waals surface area contributed by atoms with E-state index >= 15 is 0 Å². The van der Waals surface area contributed by atoms with Gasteiger partial charge in [-0.2, -0.15) is 0 Å². The van der Waals surface area contributed by atoms with Gasteiger partial charge in [-0.05, 0) is 37.3 Å². The molecule has 1 saturated heterocycles. The smallest absolute Gasteiger partial charge is 0.191 e. The van der Waals surface area contributed by atoms with E-state index in [4.69, 9.17) is 0 Å². The molecule has 1 atom stereocenters. The number of carbonyl (C=O) groups is 1. The zero-order valence-corrected chi connectivity index (χ0v) is 17.1. The lowest BCUT2D eigenvalue weighted by molar-refractivity contribution is -0.109. The first kappa shape index (κ1) is 19.4. The van der Waals surface area contributed by atoms with Crippen LogP contribution >= 0.6 is 0 Å². The summed E-state index contributed by atoms with van der Waals surface area (Å²) < 4.78 is 14.3. The lowest BCUT2D eigenvalue weighted by Gasteiger charge is -2.41. The molecule has 4 rings (SSSR count). The van der Waals surface area contributed by atoms with E-state index in [1.165, 1.54) is 12.1 Å². The number of aromatic nitrogens is 2. The molecule has 1 aliphatic rings. The Morgan fingerprint density at radius 1 is 1.28 bits per heavy atom. The summed E-state index contributed by atoms with van der Waals surface area (Å²) in [6.45, 7) is 5.08. The minimum absolute atomic E-state index is 0.265. The molecule has 1 aliphatic heterocycles. The van der Waals surface area contributed by atoms with Crippen molar-refractivity contribution in [1.82, 2.24) is 14.5 Å². The van der Waals surface area contributed by atoms with Gasteiger partial charge in [0.2, 0.25) is 0 Å². The molecule has 7 heteroatoms. The van der Waals surface area contributed by atoms with Crippen LogP contribution < -0.4 is 14.3 Å². The number of H-pyrrole nitrogens is 1. The molecule has 0 saturated carbocycles. The Labute approximate surface area is 170 Å². The summed E-state index contributed by atoms with van der Waals surface area (Å²) in [5.74, 6) is 1.51. The number of nitrogens with zero attached hydrogens (tertiary/aromatic N) is 4. The number of piperazine rings is 1. The Balaban J connectivity index is 1.62. The van der Waals surface area contributed by atoms with E-state index in [0.29, 0.717) is 13.1 Å². The topological polar surface area (TPSA) is 52.2 Å². The first-order valence-electron chi connectivity index (χ1n) is 9.96. The van der Waals surface area contributed by atoms with Gasteiger partial charge in [-0.25, -0.2) is 9.37 Å². The minimum atomic E-state index is -0.311. The Bertz CT molecular complexity index is 1030. The van der Waals surface area contributed by atoms with E-state index in [0.717, 1.165) is 52.1 Å². The maximum Gasteiger partial charge on any atom is 0.191 e. The maximum absolute atomic E-state index is 13.5. The summed E-state index contributed by atoms with van der Waals surface area (Å²) in [5, 5.41) is 0.807. The highest BCUT2D eigenvalue weighted by Crippen LogP contribution is 2.32. The van der Waals surface area contributed by atoms with Crippen molar-refractivity contribution in [2.45, 2.75) is 13.0 Å². The van der Waals surface area contributed by atoms with Crippen molar-refractivity contribution in [2.24, 2.45) is 0 Å². The van der Waals surface area contributed by atoms with Gasteiger partial charge in [0, 0.05) is 42.8 Å². The SMILES string of the molecule is CC[N+](C)(C)c1cccnc1N1CCN(c2cc3cc(F)ccc3[nH]2)C(C=O)C1. The molecule has 2 aromatic heterocycles. The molecule has 152 valence electrons. The number of hydrogen-bond donors (Lipinski definition) is 1. The number of pyridine rings is 1. The van der Waals surface area contributed by atoms with Crippen LogP contribution in [0.4, 0.5) is 21.7 Å². The van der Waals surface area contributed by atoms with Gasteiger partial charge in [-0.1, -0.05) is 0 Å². The van der Waals surface area contributed by atoms with Gasteiger partial charge in [0.25, 0.3) is 0 Å². The molecule has 0 amide bonds. The molecule has 1 aromatic carbocycles. The monoisotopic (exact) mass is 396 g/mol. The molecule has 3 heterocycles. The van der Waals surface area contributed by atoms with E-state index in [9.17, 15) is 9.18 Å². The second-order valence-electron chi connectivity index (χ2n) is 8.08. The van der Waals surface area contributed by atoms with Gasteiger partial charge in [0.1, 0.15) is 24.0 Å². The number of rotatable bonds is 5. The number of aldehydes is 1. The number of fused-ring (bicyclic) bond motifs is 1. The average molecular weight is 396 g/mol. The first-order chi connectivity index (χ1) is 13.9. The summed E-state index contributed by atoms with van der Waals surface area (Å²) in [6, 6.07) is 10.3. The van der Waals surface area contributed by atoms with E-state index in [1.54, 1.807) is 6.07 Å². The van der Waals surface area contributed by atoms with Crippen LogP contribution in [-0.2, 0) is 4.79 Å². The van der Waals surface area contributed by atoms with Crippen molar-refractivity contribution in [3.63, 3.8) is 0 Å². The highest BCUT2D eigenvalue weighted by molar-refractivity contribution is 5.85. The molecule has 1 N–H and O–H groups in total. The molecule has 0 radical (unpaired) electrons. The third kappa shape index (κ3) is 3.58. The normalized spacial score (nSPS) is 17.7. The molecular weight excluding hydrogens is 369 g/mol. The number of nitrogens with one attached hydrogen (secondary N) is 1. The first-order valence-corrected chi connectivity index (χ1v) is 9.96. The third-order valence-electron chi connectivity index (χ3n) is 5.96. The molecule has 0 spiro atoms. The van der Waals surface area contributed by atoms with Gasteiger partial charge >= 0.3 is 0 Å². The predicted octanol–water partition coefficient (Wildman–Crippen LogP) is 3.18. The number of anilines is 2. The lowest BCUT2D eigenvalue weighted by Crippen LogP contribution is -2.55. The van der Waals surface area contributed by atoms with Crippen molar-refractivity contribution in [3.8, 4) is 0 Å². The predicted molar refractivity (Wildman–Crippen MR) is 116 cm³/mol. The zero-order valence-electron chi connectivity index (χ0n) is 17.1. The van der Waals surface area contributed by atoms with Crippen molar-refractivity contribution in [1.29, 1.82) is 0 Å². The number of aromatic amines is 1. The van der Waals surface area contributed by atoms with E-state index in [-0.39, 0.29) is 11.9 Å². The second kappa shape index (κ2) is 7.48. The summed E-state index contributed by atoms with van der Waals surface area (Å²) >= 11 is 0. The van der Waals surface area contributed by atoms with Gasteiger partial charge in [0.05, 0.1) is 20.6 Å². The molecule has 0 aliphatic carbocycles. The second-order valence-corrected chi connectivity index (χ2v) is 8.08. The summed E-state index contributed by atoms with van der Waals surface area (Å²) in [7, 11) is 4.33. The standard InChI is InChI=1S/C22H27FN5O/c1-4-28(2,3)20-6-5-9-24-22(20)26-10-11-27(18(14-26)15-29)21-13-16-12-17(23)7-8-19(16)25-21/h5-9,12-13,15,18,25H,4,10-11,14H2,1-3H3/q+1. The molecular formula is C22H27FN5O+. The number of hydrogen-bond acceptors (Lipinski definition) is 4. The fourth-order valence-corrected chi connectivity index (χ4v) is 3.94. The molecule has 1 fully saturated rings. The molecule has 29 heavy (non-hydrogen) atoms. The highest BCUT2D eigenvalue weighted by Gasteiger charge is 2.32. The maximum atomic E-state index is 13.5. The van der Waals surface area contributed by atoms with Crippen molar-refractivity contribution in [3.05, 3.63) is 48.4 Å². The van der Waals surface area contributed by atoms with Crippen LogP contribution in [0.15, 0.2) is 42.6 Å². The largest absolute Gasteiger partial charge is 0.347 e. The van der Waals surface area contributed by atoms with Gasteiger partial charge in [-0.3, -0.25) is 4.48 Å². The highest BCUT2D eigenvalue weighted by atomic mass is 19.1. The van der Waals surface area contributed by atoms with Crippen LogP contribution in [0.2, 0.25) is 0 Å². The summed E-state index contributed by atoms with van der Waals surface area (Å²) in [4.78, 5) is 24.2. The summed E-state index contributed by atoms with van der Waals surface area (Å²) in [6.07, 6.45) is 2.80. The number of carbonyl (C=O) groups excluding carboxylic acids is 1. The van der Waals surface area contributed by atoms with Crippen LogP contribution in [0.25, 0.3) is 10.9 Å². The quantitative estimate of drug-likeness (QED) is 0.532. The van der Waals surface area contributed by atoms with Crippen LogP contribution in [0, 0.1) is 5.82 Å². The zero-order chi connectivity index (χ0) is 20.6. The van der Waals surface area contributed by atoms with Gasteiger partial charge in [-0.15, -0.1) is 0 Å². The Morgan fingerprint density at radius 2 is 2.10 bits per heavy atom. The van der Waals surface area contributed by atoms with Crippen LogP contribution in [-0.4, -0.2) is 62.6 Å². The number of quaternary nitrogens is 1. The van der Waals surface area contributed by atoms with E-state index in [2.05, 4.69) is 46.9 Å². The molecule has 6 nitrogen and oxygen atoms in total. The Kier molecular flexibility index (Phi) is 5.00. The van der Waals surface area contributed by atoms with Gasteiger partial charge in [0.15, 0.2) is 11.5 Å². The van der Waals surface area contributed by atoms with Gasteiger partial charge < -0.3 is 19.6 Å². The van der Waals surface area contributed by atoms with Crippen molar-refractivity contribution < 1.29 is 9.18 Å². The fraction of sp³-hybridized carbons (Fsp3) is 0.364. The van der Waals surface area contributed by atoms with Crippen LogP contribution in [0.1, 0.15) is 6.92 Å². The number of benzene rings is 1. The molecule has 3 aromatic rings. The van der Waals surface area contributed by atoms with E-state index in [1.807, 2.05) is 18.3 Å². The van der Waals surface area contributed by atoms with Crippen LogP contribution in [0.3, 0.4) is 0 Å². The molecule has 1 unspecified atom stereocenters. The minimum Gasteiger partial charge on any atom is -0.347 e. The third-order valence-corrected chi connectivity index (χ3v) is 5.96. The van der Waals surface area contributed by atoms with Crippen molar-refractivity contribution in [2.75, 3.05) is 50.1 Å². The molecule has 0 bridgehead atoms. The Morgan fingerprint density at radius 3 is 2.86 bits per heavy atom. The number of halogens is 1. The van der Waals surface area contributed by atoms with Crippen LogP contribution in [0.5, 0.6) is 0 Å². The Hall–Kier alpha value is -2.93. The fourth-order valence-electron chi connectivity index (χ4n) is 3.94. The van der Waals surface area contributed by atoms with E-state index < -0.39 is 0 Å².